The number of alkyl halides is 2. The van der Waals surface area contributed by atoms with Crippen molar-refractivity contribution in [3.05, 3.63) is 51.1 Å². The predicted octanol–water partition coefficient (Wildman–Crippen LogP) is 3.83. The van der Waals surface area contributed by atoms with Gasteiger partial charge in [-0.05, 0) is 46.6 Å². The molecule has 1 amide bonds. The van der Waals surface area contributed by atoms with Crippen LogP contribution in [0.4, 0.5) is 8.78 Å². The van der Waals surface area contributed by atoms with Gasteiger partial charge in [-0.15, -0.1) is 11.3 Å². The molecule has 3 N–H and O–H groups in total. The number of thiophene rings is 1. The zero-order chi connectivity index (χ0) is 20.7. The van der Waals surface area contributed by atoms with Crippen molar-refractivity contribution in [3.8, 4) is 0 Å². The number of hydrogen-bond donors (Lipinski definition) is 3. The highest BCUT2D eigenvalue weighted by molar-refractivity contribution is 9.10. The van der Waals surface area contributed by atoms with Gasteiger partial charge in [0.15, 0.2) is 0 Å². The molecule has 7 nitrogen and oxygen atoms in total. The van der Waals surface area contributed by atoms with Crippen LogP contribution >= 0.6 is 34.9 Å². The summed E-state index contributed by atoms with van der Waals surface area (Å²) in [5.74, 6) is -0.396. The van der Waals surface area contributed by atoms with E-state index in [1.807, 2.05) is 13.1 Å². The van der Waals surface area contributed by atoms with E-state index >= 15 is 0 Å². The number of carbonyl (C=O) groups is 1. The lowest BCUT2D eigenvalue weighted by molar-refractivity contribution is 0.0595. The van der Waals surface area contributed by atoms with Crippen LogP contribution in [0.2, 0.25) is 0 Å². The van der Waals surface area contributed by atoms with Gasteiger partial charge in [0.1, 0.15) is 4.88 Å². The minimum absolute atomic E-state index is 0.137. The van der Waals surface area contributed by atoms with E-state index in [9.17, 15) is 18.1 Å². The van der Waals surface area contributed by atoms with Crippen molar-refractivity contribution < 1.29 is 27.9 Å². The summed E-state index contributed by atoms with van der Waals surface area (Å²) >= 11 is 3.56. The molecule has 0 unspecified atom stereocenters. The summed E-state index contributed by atoms with van der Waals surface area (Å²) in [6.45, 7) is 2.70. The Labute approximate surface area is 170 Å². The van der Waals surface area contributed by atoms with Crippen molar-refractivity contribution in [2.75, 3.05) is 6.54 Å². The van der Waals surface area contributed by atoms with E-state index < -0.39 is 24.0 Å². The van der Waals surface area contributed by atoms with E-state index in [-0.39, 0.29) is 15.4 Å². The quantitative estimate of drug-likeness (QED) is 0.452. The largest absolute Gasteiger partial charge is 0.400 e. The van der Waals surface area contributed by atoms with E-state index in [0.29, 0.717) is 29.1 Å². The van der Waals surface area contributed by atoms with Crippen molar-refractivity contribution in [2.45, 2.75) is 19.1 Å². The van der Waals surface area contributed by atoms with Crippen LogP contribution in [-0.4, -0.2) is 32.0 Å². The fraction of sp³-hybridized carbons (Fsp3) is 0.250. The number of nitrogens with one attached hydrogen (secondary N) is 1. The van der Waals surface area contributed by atoms with Gasteiger partial charge in [0.25, 0.3) is 5.91 Å². The predicted molar refractivity (Wildman–Crippen MR) is 105 cm³/mol. The number of benzene rings is 1. The zero-order valence-corrected chi connectivity index (χ0v) is 17.7. The Morgan fingerprint density at radius 3 is 2.75 bits per heavy atom. The normalized spacial score (nSPS) is 12.5. The number of fused-ring (bicyclic) bond motifs is 1. The second kappa shape index (κ2) is 7.64. The minimum Gasteiger partial charge on any atom is -0.350 e. The standard InChI is InChI=1S/C16H15BrF2N3O4PS/c1-9-7-21-22(8-9)5-4-20-15(23)10-2-3-12-11(6-10)13(17)14(28-12)16(18,19)27(24,25)26/h2-3,6-8H,4-5H2,1H3,(H,20,23)(H2,24,25,26). The van der Waals surface area contributed by atoms with E-state index in [4.69, 9.17) is 9.79 Å². The van der Waals surface area contributed by atoms with Gasteiger partial charge in [-0.25, -0.2) is 0 Å². The van der Waals surface area contributed by atoms with Crippen LogP contribution in [0.25, 0.3) is 10.1 Å². The monoisotopic (exact) mass is 493 g/mol. The molecule has 2 aromatic heterocycles. The second-order valence-corrected chi connectivity index (χ2v) is 9.57. The molecule has 0 spiro atoms. The van der Waals surface area contributed by atoms with Crippen LogP contribution in [-0.2, 0) is 16.8 Å². The Morgan fingerprint density at radius 2 is 2.14 bits per heavy atom. The Morgan fingerprint density at radius 1 is 1.43 bits per heavy atom. The molecule has 0 radical (unpaired) electrons. The van der Waals surface area contributed by atoms with Gasteiger partial charge in [0.2, 0.25) is 0 Å². The van der Waals surface area contributed by atoms with E-state index in [2.05, 4.69) is 26.3 Å². The van der Waals surface area contributed by atoms with Crippen LogP contribution in [0.1, 0.15) is 20.8 Å². The molecule has 0 aliphatic rings. The highest BCUT2D eigenvalue weighted by Crippen LogP contribution is 2.62. The lowest BCUT2D eigenvalue weighted by atomic mass is 10.1. The van der Waals surface area contributed by atoms with Gasteiger partial charge in [-0.1, -0.05) is 0 Å². The highest BCUT2D eigenvalue weighted by atomic mass is 79.9. The molecule has 0 bridgehead atoms. The SMILES string of the molecule is Cc1cnn(CCNC(=O)c2ccc3sc(C(F)(F)P(=O)(O)O)c(Br)c3c2)c1. The first-order valence-electron chi connectivity index (χ1n) is 7.94. The molecule has 1 aromatic carbocycles. The average molecular weight is 494 g/mol. The summed E-state index contributed by atoms with van der Waals surface area (Å²) in [7, 11) is -5.69. The topological polar surface area (TPSA) is 104 Å². The molecule has 3 rings (SSSR count). The molecule has 3 aromatic rings. The van der Waals surface area contributed by atoms with Gasteiger partial charge in [0.05, 0.1) is 12.7 Å². The maximum Gasteiger partial charge on any atom is 0.400 e. The van der Waals surface area contributed by atoms with Crippen molar-refractivity contribution in [1.82, 2.24) is 15.1 Å². The number of hydrogen-bond acceptors (Lipinski definition) is 4. The van der Waals surface area contributed by atoms with Gasteiger partial charge >= 0.3 is 13.3 Å². The Hall–Kier alpha value is -1.65. The zero-order valence-electron chi connectivity index (χ0n) is 14.4. The van der Waals surface area contributed by atoms with Gasteiger partial charge < -0.3 is 15.1 Å². The van der Waals surface area contributed by atoms with E-state index in [1.165, 1.54) is 18.2 Å². The summed E-state index contributed by atoms with van der Waals surface area (Å²) in [4.78, 5) is 29.5. The molecule has 0 saturated carbocycles. The number of carbonyl (C=O) groups excluding carboxylic acids is 1. The Kier molecular flexibility index (Phi) is 5.75. The summed E-state index contributed by atoms with van der Waals surface area (Å²) in [6, 6.07) is 4.34. The van der Waals surface area contributed by atoms with Gasteiger partial charge in [-0.3, -0.25) is 14.0 Å². The smallest absolute Gasteiger partial charge is 0.350 e. The highest BCUT2D eigenvalue weighted by Gasteiger charge is 2.53. The van der Waals surface area contributed by atoms with Crippen molar-refractivity contribution in [1.29, 1.82) is 0 Å². The van der Waals surface area contributed by atoms with Crippen LogP contribution in [0.15, 0.2) is 35.1 Å². The van der Waals surface area contributed by atoms with Crippen LogP contribution < -0.4 is 5.32 Å². The van der Waals surface area contributed by atoms with Crippen molar-refractivity contribution >= 4 is 50.9 Å². The third-order valence-corrected chi connectivity index (χ3v) is 7.35. The van der Waals surface area contributed by atoms with Crippen LogP contribution in [0, 0.1) is 6.92 Å². The van der Waals surface area contributed by atoms with Crippen molar-refractivity contribution in [3.63, 3.8) is 0 Å². The summed E-state index contributed by atoms with van der Waals surface area (Å²) in [5, 5.41) is 7.11. The second-order valence-electron chi connectivity index (χ2n) is 6.08. The fourth-order valence-electron chi connectivity index (χ4n) is 2.51. The Bertz CT molecular complexity index is 1090. The summed E-state index contributed by atoms with van der Waals surface area (Å²) < 4.78 is 41.2. The first-order valence-corrected chi connectivity index (χ1v) is 11.2. The Balaban J connectivity index is 1.81. The molecule has 0 saturated heterocycles. The van der Waals surface area contributed by atoms with E-state index in [0.717, 1.165) is 5.56 Å². The van der Waals surface area contributed by atoms with Gasteiger partial charge in [0, 0.05) is 32.9 Å². The molecule has 0 fully saturated rings. The number of halogens is 3. The maximum atomic E-state index is 14.1. The summed E-state index contributed by atoms with van der Waals surface area (Å²) in [5.41, 5.74) is -3.07. The number of rotatable bonds is 6. The molecular formula is C16H15BrF2N3O4PS. The lowest BCUT2D eigenvalue weighted by Crippen LogP contribution is -2.27. The molecule has 0 atom stereocenters. The molecular weight excluding hydrogens is 479 g/mol. The molecule has 0 aliphatic heterocycles. The number of amides is 1. The third-order valence-electron chi connectivity index (χ3n) is 3.92. The first kappa shape index (κ1) is 21.1. The lowest BCUT2D eigenvalue weighted by Gasteiger charge is -2.16. The van der Waals surface area contributed by atoms with Crippen LogP contribution in [0.3, 0.4) is 0 Å². The molecule has 0 aliphatic carbocycles. The number of aryl methyl sites for hydroxylation is 1. The number of nitrogens with zero attached hydrogens (tertiary/aromatic N) is 2. The molecule has 2 heterocycles. The first-order chi connectivity index (χ1) is 13.0. The minimum atomic E-state index is -5.69. The maximum absolute atomic E-state index is 14.1. The average Bonchev–Trinajstić information content (AvgIpc) is 3.17. The van der Waals surface area contributed by atoms with E-state index in [1.54, 1.807) is 10.9 Å². The molecule has 28 heavy (non-hydrogen) atoms. The number of aromatic nitrogens is 2. The third kappa shape index (κ3) is 4.04. The van der Waals surface area contributed by atoms with Crippen LogP contribution in [0.5, 0.6) is 0 Å². The van der Waals surface area contributed by atoms with Crippen molar-refractivity contribution in [2.24, 2.45) is 0 Å². The van der Waals surface area contributed by atoms with Gasteiger partial charge in [-0.2, -0.15) is 13.9 Å². The molecule has 12 heteroatoms. The fourth-order valence-corrected chi connectivity index (χ4v) is 5.43. The summed E-state index contributed by atoms with van der Waals surface area (Å²) in [6.07, 6.45) is 3.54. The molecule has 150 valence electrons.